The molecular formula is C25H21N5O2. The molecule has 7 heteroatoms. The highest BCUT2D eigenvalue weighted by molar-refractivity contribution is 5.81. The number of ether oxygens (including phenoxy) is 1. The van der Waals surface area contributed by atoms with Gasteiger partial charge in [0.15, 0.2) is 0 Å². The van der Waals surface area contributed by atoms with Gasteiger partial charge in [0.05, 0.1) is 16.8 Å². The van der Waals surface area contributed by atoms with Gasteiger partial charge in [-0.15, -0.1) is 5.10 Å². The SMILES string of the molecule is Cn1cc(-c2cnc(=O)n(C)c2)c(OCc2ccc(-c3ccc4ccccc4n3)cc2)n1. The van der Waals surface area contributed by atoms with Crippen molar-refractivity contribution in [1.82, 2.24) is 24.3 Å². The van der Waals surface area contributed by atoms with Crippen molar-refractivity contribution < 1.29 is 4.74 Å². The fourth-order valence-corrected chi connectivity index (χ4v) is 3.58. The Kier molecular flexibility index (Phi) is 4.99. The van der Waals surface area contributed by atoms with Gasteiger partial charge in [0.1, 0.15) is 6.61 Å². The van der Waals surface area contributed by atoms with Crippen LogP contribution in [0, 0.1) is 0 Å². The zero-order valence-corrected chi connectivity index (χ0v) is 17.8. The summed E-state index contributed by atoms with van der Waals surface area (Å²) < 4.78 is 9.13. The molecule has 0 saturated heterocycles. The number of nitrogens with zero attached hydrogens (tertiary/aromatic N) is 5. The molecule has 3 aromatic heterocycles. The van der Waals surface area contributed by atoms with Crippen LogP contribution in [0.25, 0.3) is 33.3 Å². The van der Waals surface area contributed by atoms with Gasteiger partial charge in [-0.1, -0.05) is 48.5 Å². The quantitative estimate of drug-likeness (QED) is 0.428. The lowest BCUT2D eigenvalue weighted by Crippen LogP contribution is -2.18. The van der Waals surface area contributed by atoms with Crippen molar-refractivity contribution in [1.29, 1.82) is 0 Å². The average Bonchev–Trinajstić information content (AvgIpc) is 3.20. The first-order chi connectivity index (χ1) is 15.6. The van der Waals surface area contributed by atoms with Gasteiger partial charge in [-0.05, 0) is 17.7 Å². The molecule has 3 heterocycles. The van der Waals surface area contributed by atoms with Crippen LogP contribution in [0.2, 0.25) is 0 Å². The molecule has 2 aromatic carbocycles. The summed E-state index contributed by atoms with van der Waals surface area (Å²) in [6.07, 6.45) is 5.12. The van der Waals surface area contributed by atoms with Crippen molar-refractivity contribution >= 4 is 10.9 Å². The molecule has 0 aliphatic heterocycles. The summed E-state index contributed by atoms with van der Waals surface area (Å²) in [5, 5.41) is 5.54. The van der Waals surface area contributed by atoms with E-state index in [1.807, 2.05) is 61.8 Å². The third-order valence-corrected chi connectivity index (χ3v) is 5.28. The van der Waals surface area contributed by atoms with Crippen molar-refractivity contribution in [3.05, 3.63) is 95.3 Å². The van der Waals surface area contributed by atoms with Crippen LogP contribution in [0.4, 0.5) is 0 Å². The molecule has 7 nitrogen and oxygen atoms in total. The highest BCUT2D eigenvalue weighted by atomic mass is 16.5. The molecule has 5 aromatic rings. The number of benzene rings is 2. The minimum atomic E-state index is -0.305. The fourth-order valence-electron chi connectivity index (χ4n) is 3.58. The van der Waals surface area contributed by atoms with E-state index in [9.17, 15) is 4.79 Å². The van der Waals surface area contributed by atoms with E-state index in [1.165, 1.54) is 10.8 Å². The van der Waals surface area contributed by atoms with Crippen LogP contribution < -0.4 is 10.4 Å². The number of para-hydroxylation sites is 1. The Bertz CT molecular complexity index is 1470. The lowest BCUT2D eigenvalue weighted by atomic mass is 10.1. The first-order valence-electron chi connectivity index (χ1n) is 10.2. The van der Waals surface area contributed by atoms with Crippen LogP contribution in [0.3, 0.4) is 0 Å². The molecule has 0 spiro atoms. The van der Waals surface area contributed by atoms with Crippen LogP contribution in [0.15, 0.2) is 84.0 Å². The molecule has 158 valence electrons. The molecule has 0 bridgehead atoms. The minimum Gasteiger partial charge on any atom is -0.471 e. The van der Waals surface area contributed by atoms with Crippen LogP contribution in [0.1, 0.15) is 5.56 Å². The standard InChI is InChI=1S/C25H21N5O2/c1-29-14-20(13-26-25(29)31)21-15-30(2)28-24(21)32-16-17-7-9-19(10-8-17)23-12-11-18-5-3-4-6-22(18)27-23/h3-15H,16H2,1-2H3. The zero-order chi connectivity index (χ0) is 22.1. The summed E-state index contributed by atoms with van der Waals surface area (Å²) in [6, 6.07) is 20.4. The molecule has 5 rings (SSSR count). The Morgan fingerprint density at radius 1 is 0.906 bits per heavy atom. The number of aromatic nitrogens is 5. The summed E-state index contributed by atoms with van der Waals surface area (Å²) in [7, 11) is 3.50. The maximum atomic E-state index is 11.6. The number of fused-ring (bicyclic) bond motifs is 1. The maximum Gasteiger partial charge on any atom is 0.347 e. The molecular weight excluding hydrogens is 402 g/mol. The average molecular weight is 423 g/mol. The second-order valence-corrected chi connectivity index (χ2v) is 7.63. The van der Waals surface area contributed by atoms with Crippen molar-refractivity contribution in [2.24, 2.45) is 14.1 Å². The summed E-state index contributed by atoms with van der Waals surface area (Å²) >= 11 is 0. The Morgan fingerprint density at radius 2 is 1.72 bits per heavy atom. The van der Waals surface area contributed by atoms with E-state index in [-0.39, 0.29) is 5.69 Å². The van der Waals surface area contributed by atoms with Gasteiger partial charge in [0.2, 0.25) is 5.88 Å². The third kappa shape index (κ3) is 3.88. The molecule has 0 fully saturated rings. The maximum absolute atomic E-state index is 11.6. The summed E-state index contributed by atoms with van der Waals surface area (Å²) in [5.74, 6) is 0.494. The Hall–Kier alpha value is -4.26. The number of aryl methyl sites for hydroxylation is 2. The van der Waals surface area contributed by atoms with E-state index < -0.39 is 0 Å². The first kappa shape index (κ1) is 19.7. The molecule has 0 radical (unpaired) electrons. The highest BCUT2D eigenvalue weighted by Crippen LogP contribution is 2.28. The monoisotopic (exact) mass is 423 g/mol. The van der Waals surface area contributed by atoms with Gasteiger partial charge in [-0.25, -0.2) is 14.8 Å². The van der Waals surface area contributed by atoms with E-state index in [4.69, 9.17) is 9.72 Å². The van der Waals surface area contributed by atoms with Crippen LogP contribution in [0.5, 0.6) is 5.88 Å². The molecule has 32 heavy (non-hydrogen) atoms. The summed E-state index contributed by atoms with van der Waals surface area (Å²) in [6.45, 7) is 0.370. The fraction of sp³-hybridized carbons (Fsp3) is 0.120. The highest BCUT2D eigenvalue weighted by Gasteiger charge is 2.13. The second kappa shape index (κ2) is 8.11. The number of pyridine rings is 1. The van der Waals surface area contributed by atoms with Crippen molar-refractivity contribution in [3.8, 4) is 28.3 Å². The number of hydrogen-bond donors (Lipinski definition) is 0. The van der Waals surface area contributed by atoms with Gasteiger partial charge in [0, 0.05) is 49.2 Å². The molecule has 0 N–H and O–H groups in total. The number of hydrogen-bond acceptors (Lipinski definition) is 5. The Labute approximate surface area is 184 Å². The largest absolute Gasteiger partial charge is 0.471 e. The van der Waals surface area contributed by atoms with Crippen LogP contribution in [-0.4, -0.2) is 24.3 Å². The third-order valence-electron chi connectivity index (χ3n) is 5.28. The normalized spacial score (nSPS) is 11.1. The van der Waals surface area contributed by atoms with Gasteiger partial charge in [-0.2, -0.15) is 0 Å². The first-order valence-corrected chi connectivity index (χ1v) is 10.2. The lowest BCUT2D eigenvalue weighted by molar-refractivity contribution is 0.292. The smallest absolute Gasteiger partial charge is 0.347 e. The van der Waals surface area contributed by atoms with E-state index >= 15 is 0 Å². The topological polar surface area (TPSA) is 74.8 Å². The molecule has 0 unspecified atom stereocenters. The minimum absolute atomic E-state index is 0.305. The molecule has 0 saturated carbocycles. The molecule has 0 aliphatic rings. The van der Waals surface area contributed by atoms with Crippen molar-refractivity contribution in [2.45, 2.75) is 6.61 Å². The van der Waals surface area contributed by atoms with Gasteiger partial charge in [0.25, 0.3) is 0 Å². The van der Waals surface area contributed by atoms with Crippen LogP contribution in [-0.2, 0) is 20.7 Å². The van der Waals surface area contributed by atoms with Gasteiger partial charge < -0.3 is 9.30 Å². The van der Waals surface area contributed by atoms with E-state index in [0.717, 1.165) is 38.9 Å². The second-order valence-electron chi connectivity index (χ2n) is 7.63. The van der Waals surface area contributed by atoms with Crippen molar-refractivity contribution in [2.75, 3.05) is 0 Å². The van der Waals surface area contributed by atoms with Crippen LogP contribution >= 0.6 is 0 Å². The molecule has 0 aliphatic carbocycles. The predicted molar refractivity (Wildman–Crippen MR) is 123 cm³/mol. The zero-order valence-electron chi connectivity index (χ0n) is 17.8. The molecule has 0 atom stereocenters. The van der Waals surface area contributed by atoms with E-state index in [0.29, 0.717) is 12.5 Å². The Morgan fingerprint density at radius 3 is 2.53 bits per heavy atom. The van der Waals surface area contributed by atoms with Crippen molar-refractivity contribution in [3.63, 3.8) is 0 Å². The lowest BCUT2D eigenvalue weighted by Gasteiger charge is -2.08. The van der Waals surface area contributed by atoms with E-state index in [1.54, 1.807) is 17.9 Å². The summed E-state index contributed by atoms with van der Waals surface area (Å²) in [5.41, 5.74) is 5.24. The predicted octanol–water partition coefficient (Wildman–Crippen LogP) is 3.98. The van der Waals surface area contributed by atoms with Gasteiger partial charge in [-0.3, -0.25) is 4.68 Å². The van der Waals surface area contributed by atoms with Gasteiger partial charge >= 0.3 is 5.69 Å². The molecule has 0 amide bonds. The summed E-state index contributed by atoms with van der Waals surface area (Å²) in [4.78, 5) is 20.2. The Balaban J connectivity index is 1.34. The van der Waals surface area contributed by atoms with E-state index in [2.05, 4.69) is 22.2 Å². The number of rotatable bonds is 5.